The molecule has 1 aliphatic heterocycles. The van der Waals surface area contributed by atoms with Crippen molar-refractivity contribution < 1.29 is 14.6 Å². The molecule has 1 amide bonds. The predicted molar refractivity (Wildman–Crippen MR) is 111 cm³/mol. The Hall–Kier alpha value is -2.42. The van der Waals surface area contributed by atoms with Gasteiger partial charge in [0.05, 0.1) is 12.3 Å². The van der Waals surface area contributed by atoms with Crippen molar-refractivity contribution in [3.05, 3.63) is 58.1 Å². The molecule has 2 atom stereocenters. The maximum atomic E-state index is 12.3. The molecule has 3 rings (SSSR count). The van der Waals surface area contributed by atoms with Gasteiger partial charge in [-0.2, -0.15) is 5.10 Å². The van der Waals surface area contributed by atoms with E-state index < -0.39 is 6.04 Å². The number of carbonyl (C=O) groups excluding carboxylic acids is 1. The van der Waals surface area contributed by atoms with Crippen LogP contribution in [-0.4, -0.2) is 29.4 Å². The van der Waals surface area contributed by atoms with Crippen LogP contribution in [0.15, 0.2) is 52.0 Å². The van der Waals surface area contributed by atoms with E-state index in [2.05, 4.69) is 37.3 Å². The zero-order chi connectivity index (χ0) is 20.1. The Labute approximate surface area is 172 Å². The number of hydrogen-bond donors (Lipinski definition) is 4. The number of phenols is 1. The van der Waals surface area contributed by atoms with Crippen molar-refractivity contribution in [1.82, 2.24) is 16.3 Å². The second-order valence-corrected chi connectivity index (χ2v) is 7.72. The molecule has 4 N–H and O–H groups in total. The van der Waals surface area contributed by atoms with Gasteiger partial charge in [0.2, 0.25) is 0 Å². The minimum absolute atomic E-state index is 0.0157. The Kier molecular flexibility index (Phi) is 6.66. The minimum atomic E-state index is -0.412. The van der Waals surface area contributed by atoms with E-state index >= 15 is 0 Å². The quantitative estimate of drug-likeness (QED) is 0.404. The molecular weight excluding hydrogens is 424 g/mol. The fraction of sp³-hybridized carbons (Fsp3) is 0.300. The summed E-state index contributed by atoms with van der Waals surface area (Å²) in [6.07, 6.45) is 2.13. The van der Waals surface area contributed by atoms with Gasteiger partial charge in [-0.3, -0.25) is 4.79 Å². The molecule has 0 bridgehead atoms. The first-order valence-electron chi connectivity index (χ1n) is 9.01. The van der Waals surface area contributed by atoms with Crippen LogP contribution in [0.3, 0.4) is 0 Å². The number of aromatic hydroxyl groups is 1. The smallest absolute Gasteiger partial charge is 0.258 e. The van der Waals surface area contributed by atoms with E-state index in [1.54, 1.807) is 18.2 Å². The average Bonchev–Trinajstić information content (AvgIpc) is 3.15. The zero-order valence-corrected chi connectivity index (χ0v) is 17.2. The van der Waals surface area contributed by atoms with Gasteiger partial charge in [0.1, 0.15) is 17.5 Å². The van der Waals surface area contributed by atoms with E-state index in [0.29, 0.717) is 12.0 Å². The van der Waals surface area contributed by atoms with Gasteiger partial charge in [0.15, 0.2) is 0 Å². The van der Waals surface area contributed by atoms with Crippen molar-refractivity contribution in [2.75, 3.05) is 0 Å². The van der Waals surface area contributed by atoms with Crippen LogP contribution < -0.4 is 21.0 Å². The number of benzene rings is 2. The van der Waals surface area contributed by atoms with Crippen molar-refractivity contribution in [3.8, 4) is 11.5 Å². The number of hydrogen-bond acceptors (Lipinski definition) is 6. The lowest BCUT2D eigenvalue weighted by Gasteiger charge is -2.13. The van der Waals surface area contributed by atoms with Gasteiger partial charge >= 0.3 is 0 Å². The predicted octanol–water partition coefficient (Wildman–Crippen LogP) is 3.00. The molecule has 7 nitrogen and oxygen atoms in total. The summed E-state index contributed by atoms with van der Waals surface area (Å²) in [5.41, 5.74) is 10.2. The molecule has 2 aromatic rings. The highest BCUT2D eigenvalue weighted by Crippen LogP contribution is 2.25. The number of carbonyl (C=O) groups is 1. The molecule has 148 valence electrons. The Bertz CT molecular complexity index is 855. The van der Waals surface area contributed by atoms with E-state index in [1.807, 2.05) is 38.1 Å². The molecule has 0 aromatic heterocycles. The molecule has 0 spiro atoms. The third kappa shape index (κ3) is 5.31. The number of hydrazine groups is 1. The molecule has 0 aliphatic carbocycles. The van der Waals surface area contributed by atoms with Crippen molar-refractivity contribution in [3.63, 3.8) is 0 Å². The fourth-order valence-corrected chi connectivity index (χ4v) is 3.25. The lowest BCUT2D eigenvalue weighted by molar-refractivity contribution is -0.122. The maximum absolute atomic E-state index is 12.3. The Morgan fingerprint density at radius 1 is 1.29 bits per heavy atom. The monoisotopic (exact) mass is 446 g/mol. The molecule has 1 heterocycles. The molecular formula is C20H23BrN4O3. The molecule has 1 aliphatic rings. The summed E-state index contributed by atoms with van der Waals surface area (Å²) >= 11 is 3.33. The largest absolute Gasteiger partial charge is 0.507 e. The van der Waals surface area contributed by atoms with Gasteiger partial charge in [-0.05, 0) is 56.2 Å². The third-order valence-electron chi connectivity index (χ3n) is 4.24. The van der Waals surface area contributed by atoms with Gasteiger partial charge < -0.3 is 9.84 Å². The van der Waals surface area contributed by atoms with Gasteiger partial charge in [-0.25, -0.2) is 16.3 Å². The number of amides is 1. The van der Waals surface area contributed by atoms with Crippen LogP contribution in [0.5, 0.6) is 11.5 Å². The molecule has 28 heavy (non-hydrogen) atoms. The highest BCUT2D eigenvalue weighted by atomic mass is 79.9. The standard InChI is InChI=1S/C20H23BrN4O3/c1-12(2)28-16-6-3-13(4-7-16)17-10-18(24-23-17)20(27)25-22-11-14-9-15(21)5-8-19(14)26/h3-9,11-12,17-18,23-24,26H,10H2,1-2H3,(H,25,27)/b22-11+. The van der Waals surface area contributed by atoms with Crippen molar-refractivity contribution in [2.45, 2.75) is 38.5 Å². The number of halogens is 1. The molecule has 8 heteroatoms. The maximum Gasteiger partial charge on any atom is 0.258 e. The van der Waals surface area contributed by atoms with E-state index in [0.717, 1.165) is 15.8 Å². The van der Waals surface area contributed by atoms with Crippen LogP contribution >= 0.6 is 15.9 Å². The Morgan fingerprint density at radius 2 is 2.04 bits per heavy atom. The van der Waals surface area contributed by atoms with Gasteiger partial charge in [-0.1, -0.05) is 28.1 Å². The van der Waals surface area contributed by atoms with E-state index in [9.17, 15) is 9.90 Å². The van der Waals surface area contributed by atoms with Crippen molar-refractivity contribution in [2.24, 2.45) is 5.10 Å². The number of ether oxygens (including phenoxy) is 1. The summed E-state index contributed by atoms with van der Waals surface area (Å²) in [7, 11) is 0. The van der Waals surface area contributed by atoms with Gasteiger partial charge in [0, 0.05) is 16.1 Å². The molecule has 0 radical (unpaired) electrons. The molecule has 1 saturated heterocycles. The average molecular weight is 447 g/mol. The zero-order valence-electron chi connectivity index (χ0n) is 15.6. The van der Waals surface area contributed by atoms with Crippen LogP contribution in [0.2, 0.25) is 0 Å². The van der Waals surface area contributed by atoms with E-state index in [1.165, 1.54) is 6.21 Å². The van der Waals surface area contributed by atoms with Crippen LogP contribution in [0.4, 0.5) is 0 Å². The summed E-state index contributed by atoms with van der Waals surface area (Å²) in [6, 6.07) is 12.4. The molecule has 2 aromatic carbocycles. The number of nitrogens with zero attached hydrogens (tertiary/aromatic N) is 1. The van der Waals surface area contributed by atoms with E-state index in [4.69, 9.17) is 4.74 Å². The summed E-state index contributed by atoms with van der Waals surface area (Å²) < 4.78 is 6.46. The van der Waals surface area contributed by atoms with Gasteiger partial charge in [0.25, 0.3) is 5.91 Å². The highest BCUT2D eigenvalue weighted by molar-refractivity contribution is 9.10. The summed E-state index contributed by atoms with van der Waals surface area (Å²) in [4.78, 5) is 12.3. The lowest BCUT2D eigenvalue weighted by atomic mass is 10.0. The number of phenolic OH excluding ortho intramolecular Hbond substituents is 1. The van der Waals surface area contributed by atoms with Crippen molar-refractivity contribution in [1.29, 1.82) is 0 Å². The summed E-state index contributed by atoms with van der Waals surface area (Å²) in [6.45, 7) is 3.97. The Balaban J connectivity index is 1.54. The van der Waals surface area contributed by atoms with E-state index in [-0.39, 0.29) is 23.8 Å². The van der Waals surface area contributed by atoms with Crippen LogP contribution in [0, 0.1) is 0 Å². The number of rotatable bonds is 6. The second kappa shape index (κ2) is 9.18. The summed E-state index contributed by atoms with van der Waals surface area (Å²) in [5, 5.41) is 13.7. The molecule has 2 unspecified atom stereocenters. The SMILES string of the molecule is CC(C)Oc1ccc(C2CC(C(=O)N/N=C/c3cc(Br)ccc3O)NN2)cc1. The molecule has 1 fully saturated rings. The summed E-state index contributed by atoms with van der Waals surface area (Å²) in [5.74, 6) is 0.663. The first-order valence-corrected chi connectivity index (χ1v) is 9.81. The topological polar surface area (TPSA) is 95.0 Å². The lowest BCUT2D eigenvalue weighted by Crippen LogP contribution is -2.41. The van der Waals surface area contributed by atoms with Crippen LogP contribution in [0.25, 0.3) is 0 Å². The second-order valence-electron chi connectivity index (χ2n) is 6.80. The minimum Gasteiger partial charge on any atom is -0.507 e. The fourth-order valence-electron chi connectivity index (χ4n) is 2.87. The first-order chi connectivity index (χ1) is 13.4. The molecule has 0 saturated carbocycles. The van der Waals surface area contributed by atoms with Gasteiger partial charge in [-0.15, -0.1) is 0 Å². The van der Waals surface area contributed by atoms with Crippen molar-refractivity contribution >= 4 is 28.1 Å². The van der Waals surface area contributed by atoms with Crippen LogP contribution in [-0.2, 0) is 4.79 Å². The third-order valence-corrected chi connectivity index (χ3v) is 4.74. The first kappa shape index (κ1) is 20.3. The number of hydrazone groups is 1. The normalized spacial score (nSPS) is 19.3. The number of nitrogens with one attached hydrogen (secondary N) is 3. The van der Waals surface area contributed by atoms with Crippen LogP contribution in [0.1, 0.15) is 37.4 Å². The Morgan fingerprint density at radius 3 is 2.75 bits per heavy atom. The highest BCUT2D eigenvalue weighted by Gasteiger charge is 2.30.